The average Bonchev–Trinajstić information content (AvgIpc) is 3.13. The molecule has 0 N–H and O–H groups in total. The van der Waals surface area contributed by atoms with E-state index >= 15 is 0 Å². The van der Waals surface area contributed by atoms with Crippen LogP contribution in [0.5, 0.6) is 5.75 Å². The number of nitrogens with zero attached hydrogens (tertiary/aromatic N) is 2. The molecule has 0 bridgehead atoms. The molecule has 122 valence electrons. The third-order valence-corrected chi connectivity index (χ3v) is 5.95. The van der Waals surface area contributed by atoms with E-state index in [-0.39, 0.29) is 6.29 Å². The van der Waals surface area contributed by atoms with Gasteiger partial charge in [-0.25, -0.2) is 0 Å². The maximum absolute atomic E-state index is 6.19. The molecule has 2 heterocycles. The van der Waals surface area contributed by atoms with Crippen molar-refractivity contribution in [3.63, 3.8) is 0 Å². The van der Waals surface area contributed by atoms with Crippen LogP contribution in [0.25, 0.3) is 0 Å². The van der Waals surface area contributed by atoms with Crippen LogP contribution in [0.1, 0.15) is 23.0 Å². The van der Waals surface area contributed by atoms with Crippen molar-refractivity contribution < 1.29 is 9.47 Å². The second kappa shape index (κ2) is 7.23. The standard InChI is InChI=1S/C17H13BrN2O2S2/c18-14-6-12-8-21-16(11-4-2-1-3-5-11)22-15(12)13(7-14)9-23-17-20-19-10-24-17/h1-7,10,16H,8-9H2/t16-/m1/s1. The van der Waals surface area contributed by atoms with Crippen LogP contribution in [0.3, 0.4) is 0 Å². The molecule has 0 amide bonds. The zero-order valence-corrected chi connectivity index (χ0v) is 15.7. The van der Waals surface area contributed by atoms with Gasteiger partial charge in [-0.3, -0.25) is 0 Å². The van der Waals surface area contributed by atoms with Gasteiger partial charge in [0, 0.05) is 26.9 Å². The summed E-state index contributed by atoms with van der Waals surface area (Å²) in [6.07, 6.45) is -0.370. The Morgan fingerprint density at radius 3 is 2.92 bits per heavy atom. The Labute approximate surface area is 156 Å². The zero-order valence-electron chi connectivity index (χ0n) is 12.5. The van der Waals surface area contributed by atoms with Crippen LogP contribution in [-0.4, -0.2) is 10.2 Å². The molecule has 1 atom stereocenters. The van der Waals surface area contributed by atoms with Crippen molar-refractivity contribution in [3.8, 4) is 5.75 Å². The van der Waals surface area contributed by atoms with Gasteiger partial charge in [-0.15, -0.1) is 10.2 Å². The molecule has 3 aromatic rings. The third kappa shape index (κ3) is 3.49. The molecule has 4 rings (SSSR count). The molecule has 0 saturated heterocycles. The zero-order chi connectivity index (χ0) is 16.4. The fourth-order valence-electron chi connectivity index (χ4n) is 2.52. The van der Waals surface area contributed by atoms with Crippen molar-refractivity contribution in [2.75, 3.05) is 0 Å². The Morgan fingerprint density at radius 2 is 2.12 bits per heavy atom. The first-order chi connectivity index (χ1) is 11.8. The number of hydrogen-bond donors (Lipinski definition) is 0. The number of hydrogen-bond acceptors (Lipinski definition) is 6. The third-order valence-electron chi connectivity index (χ3n) is 3.59. The molecule has 0 spiro atoms. The largest absolute Gasteiger partial charge is 0.460 e. The molecule has 0 saturated carbocycles. The smallest absolute Gasteiger partial charge is 0.227 e. The van der Waals surface area contributed by atoms with Gasteiger partial charge in [-0.05, 0) is 12.1 Å². The molecule has 1 aliphatic rings. The number of halogens is 1. The summed E-state index contributed by atoms with van der Waals surface area (Å²) < 4.78 is 14.0. The van der Waals surface area contributed by atoms with E-state index in [9.17, 15) is 0 Å². The molecular weight excluding hydrogens is 408 g/mol. The summed E-state index contributed by atoms with van der Waals surface area (Å²) in [5.74, 6) is 1.69. The van der Waals surface area contributed by atoms with Gasteiger partial charge in [-0.1, -0.05) is 69.4 Å². The Morgan fingerprint density at radius 1 is 1.25 bits per heavy atom. The van der Waals surface area contributed by atoms with E-state index in [4.69, 9.17) is 9.47 Å². The van der Waals surface area contributed by atoms with E-state index in [1.54, 1.807) is 28.6 Å². The van der Waals surface area contributed by atoms with Crippen molar-refractivity contribution >= 4 is 39.0 Å². The van der Waals surface area contributed by atoms with Crippen molar-refractivity contribution in [1.29, 1.82) is 0 Å². The monoisotopic (exact) mass is 420 g/mol. The number of rotatable bonds is 4. The predicted octanol–water partition coefficient (Wildman–Crippen LogP) is 5.20. The Balaban J connectivity index is 1.60. The Bertz CT molecular complexity index is 828. The van der Waals surface area contributed by atoms with Gasteiger partial charge in [0.25, 0.3) is 0 Å². The van der Waals surface area contributed by atoms with Gasteiger partial charge in [-0.2, -0.15) is 0 Å². The highest BCUT2D eigenvalue weighted by Gasteiger charge is 2.24. The highest BCUT2D eigenvalue weighted by atomic mass is 79.9. The minimum Gasteiger partial charge on any atom is -0.460 e. The molecule has 4 nitrogen and oxygen atoms in total. The second-order valence-electron chi connectivity index (χ2n) is 5.22. The summed E-state index contributed by atoms with van der Waals surface area (Å²) in [7, 11) is 0. The van der Waals surface area contributed by atoms with Crippen molar-refractivity contribution in [3.05, 3.63) is 69.1 Å². The quantitative estimate of drug-likeness (QED) is 0.542. The molecular formula is C17H13BrN2O2S2. The lowest BCUT2D eigenvalue weighted by molar-refractivity contribution is -0.111. The summed E-state index contributed by atoms with van der Waals surface area (Å²) >= 11 is 6.78. The van der Waals surface area contributed by atoms with E-state index in [0.29, 0.717) is 6.61 Å². The number of aromatic nitrogens is 2. The molecule has 1 aliphatic heterocycles. The number of benzene rings is 2. The van der Waals surface area contributed by atoms with Crippen LogP contribution in [-0.2, 0) is 17.1 Å². The minimum absolute atomic E-state index is 0.370. The summed E-state index contributed by atoms with van der Waals surface area (Å²) in [4.78, 5) is 0. The van der Waals surface area contributed by atoms with Crippen molar-refractivity contribution in [1.82, 2.24) is 10.2 Å². The summed E-state index contributed by atoms with van der Waals surface area (Å²) in [5.41, 5.74) is 4.95. The van der Waals surface area contributed by atoms with Gasteiger partial charge in [0.15, 0.2) is 4.34 Å². The van der Waals surface area contributed by atoms with Crippen LogP contribution < -0.4 is 4.74 Å². The highest BCUT2D eigenvalue weighted by molar-refractivity contribution is 9.10. The van der Waals surface area contributed by atoms with E-state index in [1.807, 2.05) is 30.3 Å². The molecule has 24 heavy (non-hydrogen) atoms. The Kier molecular flexibility index (Phi) is 4.84. The molecule has 0 aliphatic carbocycles. The first-order valence-electron chi connectivity index (χ1n) is 7.33. The van der Waals surface area contributed by atoms with E-state index in [1.165, 1.54) is 0 Å². The fourth-order valence-corrected chi connectivity index (χ4v) is 4.53. The van der Waals surface area contributed by atoms with E-state index in [0.717, 1.165) is 37.0 Å². The minimum atomic E-state index is -0.370. The van der Waals surface area contributed by atoms with Gasteiger partial charge in [0.05, 0.1) is 6.61 Å². The molecule has 0 unspecified atom stereocenters. The van der Waals surface area contributed by atoms with Crippen molar-refractivity contribution in [2.24, 2.45) is 0 Å². The fraction of sp³-hybridized carbons (Fsp3) is 0.176. The van der Waals surface area contributed by atoms with Crippen LogP contribution in [0.15, 0.2) is 56.8 Å². The van der Waals surface area contributed by atoms with Gasteiger partial charge in [0.1, 0.15) is 11.3 Å². The van der Waals surface area contributed by atoms with Crippen molar-refractivity contribution in [2.45, 2.75) is 23.0 Å². The molecule has 1 aromatic heterocycles. The number of fused-ring (bicyclic) bond motifs is 1. The molecule has 0 radical (unpaired) electrons. The lowest BCUT2D eigenvalue weighted by Crippen LogP contribution is -2.19. The van der Waals surface area contributed by atoms with Crippen LogP contribution in [0.2, 0.25) is 0 Å². The second-order valence-corrected chi connectivity index (χ2v) is 8.19. The SMILES string of the molecule is Brc1cc2c(c(CSc3nncs3)c1)O[C@H](c1ccccc1)OC2. The molecule has 2 aromatic carbocycles. The number of ether oxygens (including phenoxy) is 2. The highest BCUT2D eigenvalue weighted by Crippen LogP contribution is 2.40. The molecule has 7 heteroatoms. The predicted molar refractivity (Wildman–Crippen MR) is 98.2 cm³/mol. The average molecular weight is 421 g/mol. The molecule has 0 fully saturated rings. The van der Waals surface area contributed by atoms with Crippen LogP contribution >= 0.6 is 39.0 Å². The van der Waals surface area contributed by atoms with E-state index in [2.05, 4.69) is 38.3 Å². The summed E-state index contributed by atoms with van der Waals surface area (Å²) in [6, 6.07) is 14.2. The van der Waals surface area contributed by atoms with Gasteiger partial charge in [0.2, 0.25) is 6.29 Å². The topological polar surface area (TPSA) is 44.2 Å². The van der Waals surface area contributed by atoms with Crippen LogP contribution in [0, 0.1) is 0 Å². The number of thioether (sulfide) groups is 1. The van der Waals surface area contributed by atoms with Crippen LogP contribution in [0.4, 0.5) is 0 Å². The van der Waals surface area contributed by atoms with E-state index < -0.39 is 0 Å². The first-order valence-corrected chi connectivity index (χ1v) is 9.99. The van der Waals surface area contributed by atoms with Gasteiger partial charge >= 0.3 is 0 Å². The summed E-state index contributed by atoms with van der Waals surface area (Å²) in [6.45, 7) is 0.533. The first kappa shape index (κ1) is 16.1. The maximum Gasteiger partial charge on any atom is 0.227 e. The normalized spacial score (nSPS) is 16.5. The lowest BCUT2D eigenvalue weighted by Gasteiger charge is -2.28. The van der Waals surface area contributed by atoms with Gasteiger partial charge < -0.3 is 9.47 Å². The summed E-state index contributed by atoms with van der Waals surface area (Å²) in [5, 5.41) is 7.96. The lowest BCUT2D eigenvalue weighted by atomic mass is 10.1. The Hall–Kier alpha value is -1.41. The maximum atomic E-state index is 6.19.